The van der Waals surface area contributed by atoms with E-state index in [1.807, 2.05) is 0 Å². The molecule has 10 heteroatoms. The number of methoxy groups -OCH3 is 1. The molecule has 3 aromatic rings. The van der Waals surface area contributed by atoms with E-state index in [1.165, 1.54) is 31.1 Å². The number of nitrogens with zero attached hydrogens (tertiary/aromatic N) is 3. The van der Waals surface area contributed by atoms with Crippen LogP contribution in [-0.2, 0) is 4.79 Å². The van der Waals surface area contributed by atoms with Crippen molar-refractivity contribution in [2.75, 3.05) is 23.9 Å². The van der Waals surface area contributed by atoms with Gasteiger partial charge in [0.2, 0.25) is 5.91 Å². The third kappa shape index (κ3) is 3.47. The maximum atomic E-state index is 12.1. The van der Waals surface area contributed by atoms with Crippen LogP contribution >= 0.6 is 11.8 Å². The lowest BCUT2D eigenvalue weighted by Gasteiger charge is -2.07. The number of pyridine rings is 1. The van der Waals surface area contributed by atoms with Crippen molar-refractivity contribution >= 4 is 45.9 Å². The molecule has 0 radical (unpaired) electrons. The number of rotatable bonds is 5. The number of carbonyl (C=O) groups excluding carboxylic acids is 1. The van der Waals surface area contributed by atoms with E-state index in [4.69, 9.17) is 17.0 Å². The minimum absolute atomic E-state index is 0.0613. The topological polar surface area (TPSA) is 131 Å². The summed E-state index contributed by atoms with van der Waals surface area (Å²) in [6.07, 6.45) is 1.48. The highest BCUT2D eigenvalue weighted by Gasteiger charge is 2.13. The number of fused-ring (bicyclic) bond motifs is 1. The lowest BCUT2D eigenvalue weighted by Crippen LogP contribution is -2.14. The average molecular weight is 370 g/mol. The number of anilines is 2. The van der Waals surface area contributed by atoms with Gasteiger partial charge in [0.1, 0.15) is 17.2 Å². The number of phenols is 1. The average Bonchev–Trinajstić information content (AvgIpc) is 3.05. The highest BCUT2D eigenvalue weighted by atomic mass is 32.2. The third-order valence-electron chi connectivity index (χ3n) is 3.43. The molecule has 0 saturated carbocycles. The number of nitrogen functional groups attached to an aromatic ring is 1. The Morgan fingerprint density at radius 1 is 1.54 bits per heavy atom. The van der Waals surface area contributed by atoms with E-state index in [0.29, 0.717) is 27.6 Å². The fraction of sp³-hybridized carbons (Fsp3) is 0.125. The number of nitrogens with one attached hydrogen (secondary N) is 2. The van der Waals surface area contributed by atoms with E-state index in [2.05, 4.69) is 25.1 Å². The van der Waals surface area contributed by atoms with Gasteiger partial charge in [0, 0.05) is 11.8 Å². The van der Waals surface area contributed by atoms with E-state index in [0.717, 1.165) is 0 Å². The summed E-state index contributed by atoms with van der Waals surface area (Å²) in [6, 6.07) is 4.59. The van der Waals surface area contributed by atoms with E-state index < -0.39 is 0 Å². The quantitative estimate of drug-likeness (QED) is 0.401. The van der Waals surface area contributed by atoms with Gasteiger partial charge < -0.3 is 30.7 Å². The van der Waals surface area contributed by atoms with Gasteiger partial charge in [-0.1, -0.05) is 18.3 Å². The molecule has 26 heavy (non-hydrogen) atoms. The second-order valence-corrected chi connectivity index (χ2v) is 6.10. The maximum absolute atomic E-state index is 12.1. The van der Waals surface area contributed by atoms with Gasteiger partial charge in [-0.15, -0.1) is 4.98 Å². The Balaban J connectivity index is 1.66. The minimum atomic E-state index is -0.270. The highest BCUT2D eigenvalue weighted by Crippen LogP contribution is 2.30. The Hall–Kier alpha value is -3.45. The van der Waals surface area contributed by atoms with Crippen LogP contribution in [0.5, 0.6) is 11.5 Å². The van der Waals surface area contributed by atoms with E-state index >= 15 is 0 Å². The predicted octanol–water partition coefficient (Wildman–Crippen LogP) is 2.54. The summed E-state index contributed by atoms with van der Waals surface area (Å²) in [5.41, 5.74) is 7.57. The number of hydrogen-bond acceptors (Lipinski definition) is 7. The number of aromatic amines is 1. The number of aromatic hydroxyl groups is 1. The Labute approximate surface area is 152 Å². The van der Waals surface area contributed by atoms with Gasteiger partial charge >= 0.3 is 0 Å². The number of benzene rings is 1. The molecule has 3 rings (SSSR count). The molecule has 0 spiro atoms. The van der Waals surface area contributed by atoms with Gasteiger partial charge in [-0.05, 0) is 12.1 Å². The molecule has 0 unspecified atom stereocenters. The summed E-state index contributed by atoms with van der Waals surface area (Å²) < 4.78 is 4.95. The van der Waals surface area contributed by atoms with E-state index in [1.54, 1.807) is 12.1 Å². The summed E-state index contributed by atoms with van der Waals surface area (Å²) in [5, 5.41) is 12.9. The molecule has 1 aromatic carbocycles. The van der Waals surface area contributed by atoms with Crippen molar-refractivity contribution in [2.24, 2.45) is 0 Å². The first kappa shape index (κ1) is 17.4. The summed E-state index contributed by atoms with van der Waals surface area (Å²) in [6.45, 7) is 7.01. The zero-order valence-corrected chi connectivity index (χ0v) is 14.4. The molecular weight excluding hydrogens is 356 g/mol. The fourth-order valence-corrected chi connectivity index (χ4v) is 2.90. The number of carbonyl (C=O) groups is 1. The molecule has 0 atom stereocenters. The number of imidazole rings is 1. The second kappa shape index (κ2) is 7.20. The number of hydrogen-bond donors (Lipinski definition) is 4. The van der Waals surface area contributed by atoms with Crippen LogP contribution in [-0.4, -0.2) is 38.8 Å². The Bertz CT molecular complexity index is 1030. The van der Waals surface area contributed by atoms with Gasteiger partial charge in [-0.3, -0.25) is 4.79 Å². The number of aromatic nitrogens is 3. The molecule has 5 N–H and O–H groups in total. The van der Waals surface area contributed by atoms with Crippen LogP contribution in [0.25, 0.3) is 15.9 Å². The predicted molar refractivity (Wildman–Crippen MR) is 98.6 cm³/mol. The van der Waals surface area contributed by atoms with Crippen LogP contribution in [0.15, 0.2) is 29.6 Å². The molecule has 2 heterocycles. The SMILES string of the molecule is [C-]#[N+]c1ncc2[nH]c(SCC(=O)Nc3ccc(OC)c(O)c3)nc2c1N. The Morgan fingerprint density at radius 3 is 3.04 bits per heavy atom. The van der Waals surface area contributed by atoms with Crippen LogP contribution in [0, 0.1) is 6.57 Å². The van der Waals surface area contributed by atoms with Gasteiger partial charge in [0.25, 0.3) is 5.82 Å². The third-order valence-corrected chi connectivity index (χ3v) is 4.30. The first-order valence-electron chi connectivity index (χ1n) is 7.33. The molecule has 9 nitrogen and oxygen atoms in total. The van der Waals surface area contributed by atoms with Crippen molar-refractivity contribution < 1.29 is 14.6 Å². The van der Waals surface area contributed by atoms with Gasteiger partial charge in [0.05, 0.1) is 18.6 Å². The van der Waals surface area contributed by atoms with Crippen molar-refractivity contribution in [1.29, 1.82) is 0 Å². The molecule has 132 valence electrons. The normalized spacial score (nSPS) is 10.5. The van der Waals surface area contributed by atoms with Crippen LogP contribution < -0.4 is 15.8 Å². The first-order valence-corrected chi connectivity index (χ1v) is 8.31. The standard InChI is InChI=1S/C16H14N6O3S/c1-18-15-13(17)14-9(6-19-15)21-16(22-14)26-7-12(24)20-8-3-4-11(25-2)10(23)5-8/h3-6,23H,7,17H2,2H3,(H,20,24)(H,21,22). The van der Waals surface area contributed by atoms with Crippen LogP contribution in [0.1, 0.15) is 0 Å². The number of H-pyrrole nitrogens is 1. The van der Waals surface area contributed by atoms with Crippen LogP contribution in [0.4, 0.5) is 17.2 Å². The fourth-order valence-electron chi connectivity index (χ4n) is 2.22. The van der Waals surface area contributed by atoms with Crippen LogP contribution in [0.3, 0.4) is 0 Å². The van der Waals surface area contributed by atoms with Crippen LogP contribution in [0.2, 0.25) is 0 Å². The molecule has 0 fully saturated rings. The Morgan fingerprint density at radius 2 is 2.35 bits per heavy atom. The summed E-state index contributed by atoms with van der Waals surface area (Å²) in [4.78, 5) is 26.5. The number of thioether (sulfide) groups is 1. The van der Waals surface area contributed by atoms with Crippen molar-refractivity contribution in [3.8, 4) is 11.5 Å². The minimum Gasteiger partial charge on any atom is -0.504 e. The second-order valence-electron chi connectivity index (χ2n) is 5.14. The largest absolute Gasteiger partial charge is 0.504 e. The smallest absolute Gasteiger partial charge is 0.294 e. The molecule has 0 aliphatic rings. The summed E-state index contributed by atoms with van der Waals surface area (Å²) in [5.74, 6) is 0.180. The number of ether oxygens (including phenoxy) is 1. The van der Waals surface area contributed by atoms with E-state index in [9.17, 15) is 9.90 Å². The molecule has 0 aliphatic carbocycles. The zero-order valence-electron chi connectivity index (χ0n) is 13.6. The molecule has 2 aromatic heterocycles. The molecule has 0 saturated heterocycles. The summed E-state index contributed by atoms with van der Waals surface area (Å²) >= 11 is 1.18. The van der Waals surface area contributed by atoms with E-state index in [-0.39, 0.29) is 28.9 Å². The van der Waals surface area contributed by atoms with Crippen molar-refractivity contribution in [2.45, 2.75) is 5.16 Å². The highest BCUT2D eigenvalue weighted by molar-refractivity contribution is 7.99. The van der Waals surface area contributed by atoms with Gasteiger partial charge in [0.15, 0.2) is 16.7 Å². The lowest BCUT2D eigenvalue weighted by molar-refractivity contribution is -0.113. The first-order chi connectivity index (χ1) is 12.5. The molecule has 0 bridgehead atoms. The monoisotopic (exact) mass is 370 g/mol. The molecule has 0 aliphatic heterocycles. The Kier molecular flexibility index (Phi) is 4.81. The van der Waals surface area contributed by atoms with Crippen molar-refractivity contribution in [3.05, 3.63) is 35.8 Å². The van der Waals surface area contributed by atoms with Gasteiger partial charge in [-0.2, -0.15) is 0 Å². The van der Waals surface area contributed by atoms with Crippen molar-refractivity contribution in [3.63, 3.8) is 0 Å². The summed E-state index contributed by atoms with van der Waals surface area (Å²) in [7, 11) is 1.45. The number of phenolic OH excluding ortho intramolecular Hbond substituents is 1. The van der Waals surface area contributed by atoms with Gasteiger partial charge in [-0.25, -0.2) is 4.98 Å². The number of nitrogens with two attached hydrogens (primary N) is 1. The number of amides is 1. The van der Waals surface area contributed by atoms with Crippen molar-refractivity contribution in [1.82, 2.24) is 15.0 Å². The maximum Gasteiger partial charge on any atom is 0.294 e. The molecular formula is C16H14N6O3S. The lowest BCUT2D eigenvalue weighted by atomic mass is 10.3. The zero-order chi connectivity index (χ0) is 18.7. The molecule has 1 amide bonds.